The third-order valence-corrected chi connectivity index (χ3v) is 2.90. The molecular formula is C13H17FN2O3. The average Bonchev–Trinajstić information content (AvgIpc) is 2.31. The number of halogens is 1. The number of carbonyl (C=O) groups is 2. The van der Waals surface area contributed by atoms with E-state index in [-0.39, 0.29) is 24.9 Å². The molecule has 19 heavy (non-hydrogen) atoms. The highest BCUT2D eigenvalue weighted by atomic mass is 19.1. The zero-order valence-corrected chi connectivity index (χ0v) is 10.6. The van der Waals surface area contributed by atoms with Crippen molar-refractivity contribution in [3.05, 3.63) is 30.1 Å². The maximum absolute atomic E-state index is 13.5. The first-order valence-electron chi connectivity index (χ1n) is 5.89. The van der Waals surface area contributed by atoms with Crippen molar-refractivity contribution in [3.8, 4) is 0 Å². The number of amides is 1. The number of anilines is 1. The molecule has 5 nitrogen and oxygen atoms in total. The topological polar surface area (TPSA) is 92.4 Å². The Balaban J connectivity index is 2.79. The van der Waals surface area contributed by atoms with Gasteiger partial charge in [-0.05, 0) is 31.9 Å². The van der Waals surface area contributed by atoms with Crippen molar-refractivity contribution in [2.75, 3.05) is 5.32 Å². The standard InChI is InChI=1S/C13H17FN2O3/c1-13(12(15)19,8-4-7-11(17)18)16-10-6-3-2-5-9(10)14/h2-3,5-6,16H,4,7-8H2,1H3,(H2,15,19)(H,17,18). The normalized spacial score (nSPS) is 13.6. The van der Waals surface area contributed by atoms with Crippen LogP contribution in [0.4, 0.5) is 10.1 Å². The highest BCUT2D eigenvalue weighted by Gasteiger charge is 2.31. The minimum Gasteiger partial charge on any atom is -0.481 e. The lowest BCUT2D eigenvalue weighted by Crippen LogP contribution is -2.48. The van der Waals surface area contributed by atoms with E-state index in [0.29, 0.717) is 0 Å². The summed E-state index contributed by atoms with van der Waals surface area (Å²) in [6.45, 7) is 1.53. The van der Waals surface area contributed by atoms with Gasteiger partial charge in [0.1, 0.15) is 11.4 Å². The van der Waals surface area contributed by atoms with Crippen molar-refractivity contribution >= 4 is 17.6 Å². The van der Waals surface area contributed by atoms with Crippen LogP contribution < -0.4 is 11.1 Å². The highest BCUT2D eigenvalue weighted by Crippen LogP contribution is 2.22. The van der Waals surface area contributed by atoms with Gasteiger partial charge in [0, 0.05) is 6.42 Å². The smallest absolute Gasteiger partial charge is 0.303 e. The van der Waals surface area contributed by atoms with Crippen LogP contribution in [0, 0.1) is 5.82 Å². The molecule has 1 aromatic carbocycles. The second-order valence-electron chi connectivity index (χ2n) is 4.55. The van der Waals surface area contributed by atoms with Gasteiger partial charge in [0.15, 0.2) is 0 Å². The molecule has 104 valence electrons. The predicted octanol–water partition coefficient (Wildman–Crippen LogP) is 1.74. The fourth-order valence-electron chi connectivity index (χ4n) is 1.70. The van der Waals surface area contributed by atoms with E-state index < -0.39 is 23.2 Å². The number of rotatable bonds is 7. The molecule has 0 spiro atoms. The van der Waals surface area contributed by atoms with E-state index >= 15 is 0 Å². The second-order valence-corrected chi connectivity index (χ2v) is 4.55. The molecule has 0 aromatic heterocycles. The molecule has 0 aliphatic rings. The van der Waals surface area contributed by atoms with Crippen molar-refractivity contribution in [1.82, 2.24) is 0 Å². The van der Waals surface area contributed by atoms with Crippen LogP contribution in [0.15, 0.2) is 24.3 Å². The van der Waals surface area contributed by atoms with Gasteiger partial charge in [-0.1, -0.05) is 12.1 Å². The number of benzene rings is 1. The van der Waals surface area contributed by atoms with E-state index in [1.807, 2.05) is 0 Å². The van der Waals surface area contributed by atoms with Crippen LogP contribution in [0.1, 0.15) is 26.2 Å². The van der Waals surface area contributed by atoms with Crippen LogP contribution in [0.25, 0.3) is 0 Å². The van der Waals surface area contributed by atoms with Gasteiger partial charge in [0.25, 0.3) is 0 Å². The molecule has 0 saturated heterocycles. The number of carboxylic acid groups (broad SMARTS) is 1. The van der Waals surface area contributed by atoms with E-state index in [0.717, 1.165) is 0 Å². The minimum absolute atomic E-state index is 0.0676. The van der Waals surface area contributed by atoms with Crippen LogP contribution in [0.5, 0.6) is 0 Å². The molecule has 6 heteroatoms. The lowest BCUT2D eigenvalue weighted by Gasteiger charge is -2.28. The monoisotopic (exact) mass is 268 g/mol. The zero-order chi connectivity index (χ0) is 14.5. The summed E-state index contributed by atoms with van der Waals surface area (Å²) in [6.07, 6.45) is 0.418. The minimum atomic E-state index is -1.18. The van der Waals surface area contributed by atoms with Crippen molar-refractivity contribution in [2.24, 2.45) is 5.73 Å². The Labute approximate surface area is 110 Å². The predicted molar refractivity (Wildman–Crippen MR) is 69.1 cm³/mol. The molecule has 0 aliphatic carbocycles. The third-order valence-electron chi connectivity index (χ3n) is 2.90. The zero-order valence-electron chi connectivity index (χ0n) is 10.6. The number of hydrogen-bond donors (Lipinski definition) is 3. The summed E-state index contributed by atoms with van der Waals surface area (Å²) in [5.41, 5.74) is 4.30. The van der Waals surface area contributed by atoms with Crippen molar-refractivity contribution in [3.63, 3.8) is 0 Å². The molecule has 4 N–H and O–H groups in total. The van der Waals surface area contributed by atoms with E-state index in [2.05, 4.69) is 5.32 Å². The number of carbonyl (C=O) groups excluding carboxylic acids is 1. The summed E-state index contributed by atoms with van der Waals surface area (Å²) in [5.74, 6) is -2.09. The first kappa shape index (κ1) is 14.9. The molecule has 0 saturated carbocycles. The largest absolute Gasteiger partial charge is 0.481 e. The SMILES string of the molecule is CC(CCCC(=O)O)(Nc1ccccc1F)C(N)=O. The maximum atomic E-state index is 13.5. The Morgan fingerprint density at radius 3 is 2.58 bits per heavy atom. The molecular weight excluding hydrogens is 251 g/mol. The van der Waals surface area contributed by atoms with Crippen molar-refractivity contribution in [2.45, 2.75) is 31.7 Å². The summed E-state index contributed by atoms with van der Waals surface area (Å²) in [5, 5.41) is 11.3. The van der Waals surface area contributed by atoms with Gasteiger partial charge in [-0.3, -0.25) is 9.59 Å². The van der Waals surface area contributed by atoms with E-state index in [4.69, 9.17) is 10.8 Å². The van der Waals surface area contributed by atoms with Crippen LogP contribution in [-0.4, -0.2) is 22.5 Å². The Bertz CT molecular complexity index is 479. The number of nitrogens with two attached hydrogens (primary N) is 1. The van der Waals surface area contributed by atoms with Crippen molar-refractivity contribution < 1.29 is 19.1 Å². The number of hydrogen-bond acceptors (Lipinski definition) is 3. The molecule has 0 aliphatic heterocycles. The van der Waals surface area contributed by atoms with Crippen LogP contribution in [0.2, 0.25) is 0 Å². The first-order valence-corrected chi connectivity index (χ1v) is 5.89. The van der Waals surface area contributed by atoms with E-state index in [1.165, 1.54) is 25.1 Å². The van der Waals surface area contributed by atoms with Crippen LogP contribution in [-0.2, 0) is 9.59 Å². The Morgan fingerprint density at radius 2 is 2.05 bits per heavy atom. The summed E-state index contributed by atoms with van der Waals surface area (Å²) in [4.78, 5) is 22.0. The van der Waals surface area contributed by atoms with Gasteiger partial charge in [-0.2, -0.15) is 0 Å². The number of primary amides is 1. The number of para-hydroxylation sites is 1. The second kappa shape index (κ2) is 6.17. The molecule has 0 fully saturated rings. The molecule has 1 aromatic rings. The lowest BCUT2D eigenvalue weighted by atomic mass is 9.93. The summed E-state index contributed by atoms with van der Waals surface area (Å²) in [7, 11) is 0. The quantitative estimate of drug-likeness (QED) is 0.702. The highest BCUT2D eigenvalue weighted by molar-refractivity contribution is 5.87. The van der Waals surface area contributed by atoms with Gasteiger partial charge >= 0.3 is 5.97 Å². The molecule has 1 atom stereocenters. The number of nitrogens with one attached hydrogen (secondary N) is 1. The Hall–Kier alpha value is -2.11. The summed E-state index contributed by atoms with van der Waals surface area (Å²) < 4.78 is 13.5. The average molecular weight is 268 g/mol. The van der Waals surface area contributed by atoms with E-state index in [9.17, 15) is 14.0 Å². The van der Waals surface area contributed by atoms with Gasteiger partial charge in [-0.15, -0.1) is 0 Å². The van der Waals surface area contributed by atoms with Gasteiger partial charge in [0.2, 0.25) is 5.91 Å². The molecule has 1 amide bonds. The van der Waals surface area contributed by atoms with E-state index in [1.54, 1.807) is 6.07 Å². The van der Waals surface area contributed by atoms with Gasteiger partial charge in [0.05, 0.1) is 5.69 Å². The fraction of sp³-hybridized carbons (Fsp3) is 0.385. The summed E-state index contributed by atoms with van der Waals surface area (Å²) >= 11 is 0. The first-order chi connectivity index (χ1) is 8.85. The lowest BCUT2D eigenvalue weighted by molar-refractivity contribution is -0.137. The maximum Gasteiger partial charge on any atom is 0.303 e. The third kappa shape index (κ3) is 4.24. The Morgan fingerprint density at radius 1 is 1.42 bits per heavy atom. The Kier molecular flexibility index (Phi) is 4.86. The molecule has 1 rings (SSSR count). The molecule has 0 bridgehead atoms. The van der Waals surface area contributed by atoms with Crippen molar-refractivity contribution in [1.29, 1.82) is 0 Å². The van der Waals surface area contributed by atoms with Crippen LogP contribution in [0.3, 0.4) is 0 Å². The molecule has 0 heterocycles. The molecule has 1 unspecified atom stereocenters. The molecule has 0 radical (unpaired) electrons. The van der Waals surface area contributed by atoms with Crippen LogP contribution >= 0.6 is 0 Å². The van der Waals surface area contributed by atoms with Gasteiger partial charge in [-0.25, -0.2) is 4.39 Å². The number of carboxylic acids is 1. The number of aliphatic carboxylic acids is 1. The van der Waals surface area contributed by atoms with Gasteiger partial charge < -0.3 is 16.2 Å². The fourth-order valence-corrected chi connectivity index (χ4v) is 1.70. The summed E-state index contributed by atoms with van der Waals surface area (Å²) in [6, 6.07) is 5.92.